The molecule has 0 unspecified atom stereocenters. The van der Waals surface area contributed by atoms with Gasteiger partial charge in [-0.1, -0.05) is 18.2 Å². The highest BCUT2D eigenvalue weighted by Gasteiger charge is 2.17. The third-order valence-corrected chi connectivity index (χ3v) is 7.49. The van der Waals surface area contributed by atoms with E-state index >= 15 is 0 Å². The van der Waals surface area contributed by atoms with E-state index in [0.29, 0.717) is 11.3 Å². The molecule has 4 rings (SSSR count). The van der Waals surface area contributed by atoms with Gasteiger partial charge in [0.05, 0.1) is 9.80 Å². The van der Waals surface area contributed by atoms with E-state index in [1.807, 2.05) is 45.0 Å². The van der Waals surface area contributed by atoms with Crippen LogP contribution in [0.3, 0.4) is 0 Å². The fourth-order valence-electron chi connectivity index (χ4n) is 3.29. The van der Waals surface area contributed by atoms with Crippen LogP contribution in [0.1, 0.15) is 31.1 Å². The zero-order valence-corrected chi connectivity index (χ0v) is 22.9. The van der Waals surface area contributed by atoms with Gasteiger partial charge in [0.2, 0.25) is 5.91 Å². The number of anilines is 1. The number of hydrogen-bond donors (Lipinski definition) is 3. The van der Waals surface area contributed by atoms with Gasteiger partial charge in [-0.05, 0) is 69.1 Å². The van der Waals surface area contributed by atoms with Gasteiger partial charge in [-0.15, -0.1) is 11.3 Å². The third-order valence-electron chi connectivity index (χ3n) is 5.14. The Morgan fingerprint density at radius 2 is 1.74 bits per heavy atom. The van der Waals surface area contributed by atoms with Crippen LogP contribution in [-0.2, 0) is 0 Å². The lowest BCUT2D eigenvalue weighted by atomic mass is 10.1. The molecule has 1 heterocycles. The summed E-state index contributed by atoms with van der Waals surface area (Å²) in [6.07, 6.45) is 1.06. The number of thiazole rings is 1. The van der Waals surface area contributed by atoms with Crippen LogP contribution in [0.5, 0.6) is 5.75 Å². The second kappa shape index (κ2) is 11.6. The molecule has 12 heteroatoms. The summed E-state index contributed by atoms with van der Waals surface area (Å²) in [5.41, 5.74) is 7.79. The fraction of sp³-hybridized carbons (Fsp3) is 0.148. The van der Waals surface area contributed by atoms with Crippen LogP contribution in [-0.4, -0.2) is 27.4 Å². The normalized spacial score (nSPS) is 11.2. The summed E-state index contributed by atoms with van der Waals surface area (Å²) in [5, 5.41) is 14.3. The monoisotopic (exact) mass is 563 g/mol. The molecule has 0 saturated heterocycles. The van der Waals surface area contributed by atoms with Gasteiger partial charge in [0.25, 0.3) is 5.69 Å². The van der Waals surface area contributed by atoms with E-state index in [-0.39, 0.29) is 17.0 Å². The van der Waals surface area contributed by atoms with Crippen molar-refractivity contribution in [2.75, 3.05) is 5.32 Å². The van der Waals surface area contributed by atoms with Crippen LogP contribution in [0.15, 0.2) is 77.8 Å². The maximum Gasteiger partial charge on any atom is 0.417 e. The Morgan fingerprint density at radius 1 is 1.05 bits per heavy atom. The minimum atomic E-state index is -0.726. The highest BCUT2D eigenvalue weighted by Crippen LogP contribution is 2.38. The van der Waals surface area contributed by atoms with Crippen LogP contribution in [0.4, 0.5) is 16.2 Å². The summed E-state index contributed by atoms with van der Waals surface area (Å²) in [4.78, 5) is 40.5. The lowest BCUT2D eigenvalue weighted by molar-refractivity contribution is -0.384. The molecule has 4 aromatic rings. The van der Waals surface area contributed by atoms with Crippen molar-refractivity contribution in [1.29, 1.82) is 0 Å². The van der Waals surface area contributed by atoms with Crippen LogP contribution < -0.4 is 20.5 Å². The van der Waals surface area contributed by atoms with E-state index < -0.39 is 16.9 Å². The van der Waals surface area contributed by atoms with Crippen LogP contribution in [0.2, 0.25) is 0 Å². The zero-order valence-electron chi connectivity index (χ0n) is 21.3. The van der Waals surface area contributed by atoms with Gasteiger partial charge in [-0.2, -0.15) is 0 Å². The maximum absolute atomic E-state index is 12.5. The fourth-order valence-corrected chi connectivity index (χ4v) is 5.21. The lowest BCUT2D eigenvalue weighted by Gasteiger charge is -2.21. The number of nitro groups is 1. The average molecular weight is 564 g/mol. The molecular formula is C27H25N5O5S2. The first-order chi connectivity index (χ1) is 18.5. The van der Waals surface area contributed by atoms with Crippen LogP contribution in [0.25, 0.3) is 21.0 Å². The molecule has 39 heavy (non-hydrogen) atoms. The Bertz CT molecular complexity index is 1510. The third kappa shape index (κ3) is 7.41. The van der Waals surface area contributed by atoms with E-state index in [4.69, 9.17) is 10.5 Å². The average Bonchev–Trinajstić information content (AvgIpc) is 3.37. The number of hydrogen-bond acceptors (Lipinski definition) is 9. The maximum atomic E-state index is 12.5. The van der Waals surface area contributed by atoms with Crippen molar-refractivity contribution in [3.05, 3.63) is 88.6 Å². The number of carbonyl (C=O) groups excluding carboxylic acids is 2. The second-order valence-corrected chi connectivity index (χ2v) is 11.3. The molecule has 0 atom stereocenters. The molecule has 0 spiro atoms. The van der Waals surface area contributed by atoms with E-state index in [1.165, 1.54) is 47.6 Å². The van der Waals surface area contributed by atoms with Crippen molar-refractivity contribution < 1.29 is 19.2 Å². The Labute approximate surface area is 232 Å². The smallest absolute Gasteiger partial charge is 0.410 e. The zero-order chi connectivity index (χ0) is 28.2. The van der Waals surface area contributed by atoms with Crippen molar-refractivity contribution in [2.45, 2.75) is 31.2 Å². The first kappa shape index (κ1) is 27.8. The molecule has 2 amide bonds. The molecule has 0 aliphatic carbocycles. The lowest BCUT2D eigenvalue weighted by Crippen LogP contribution is -2.29. The van der Waals surface area contributed by atoms with Gasteiger partial charge in [0.1, 0.15) is 10.8 Å². The van der Waals surface area contributed by atoms with E-state index in [2.05, 4.69) is 15.0 Å². The number of nitro benzene ring substituents is 1. The SMILES string of the molecule is CC(C)(C)NSc1cc(NC(=O)Oc2ccc([N+](=O)[O-])cc2)ccc1-c1cnc(-c2ccc(C(N)=O)cc2)s1. The van der Waals surface area contributed by atoms with Crippen molar-refractivity contribution in [3.8, 4) is 26.8 Å². The molecular weight excluding hydrogens is 538 g/mol. The summed E-state index contributed by atoms with van der Waals surface area (Å²) >= 11 is 2.93. The molecule has 3 aromatic carbocycles. The summed E-state index contributed by atoms with van der Waals surface area (Å²) in [6, 6.07) is 17.7. The van der Waals surface area contributed by atoms with Gasteiger partial charge in [-0.25, -0.2) is 9.78 Å². The molecule has 1 aromatic heterocycles. The number of amides is 2. The van der Waals surface area contributed by atoms with Crippen LogP contribution in [0, 0.1) is 10.1 Å². The van der Waals surface area contributed by atoms with Crippen molar-refractivity contribution in [1.82, 2.24) is 9.71 Å². The highest BCUT2D eigenvalue weighted by molar-refractivity contribution is 7.97. The first-order valence-electron chi connectivity index (χ1n) is 11.7. The van der Waals surface area contributed by atoms with Gasteiger partial charge in [-0.3, -0.25) is 24.9 Å². The number of carbonyl (C=O) groups is 2. The number of aromatic nitrogens is 1. The van der Waals surface area contributed by atoms with Crippen molar-refractivity contribution in [3.63, 3.8) is 0 Å². The van der Waals surface area contributed by atoms with Gasteiger partial charge in [0.15, 0.2) is 0 Å². The minimum Gasteiger partial charge on any atom is -0.410 e. The molecule has 4 N–H and O–H groups in total. The Balaban J connectivity index is 1.55. The molecule has 0 aliphatic rings. The highest BCUT2D eigenvalue weighted by atomic mass is 32.2. The second-order valence-electron chi connectivity index (χ2n) is 9.40. The number of nitrogens with zero attached hydrogens (tertiary/aromatic N) is 2. The molecule has 0 bridgehead atoms. The molecule has 200 valence electrons. The molecule has 0 saturated carbocycles. The standard InChI is InChI=1S/C27H25N5O5S2/c1-27(2,3)31-39-22-14-18(30-26(34)37-20-11-9-19(10-12-20)32(35)36)8-13-21(22)23-15-29-25(38-23)17-6-4-16(5-7-17)24(28)33/h4-15,31H,1-3H3,(H2,28,33)(H,30,34). The van der Waals surface area contributed by atoms with Gasteiger partial charge in [0, 0.05) is 51.1 Å². The molecule has 0 fully saturated rings. The first-order valence-corrected chi connectivity index (χ1v) is 13.3. The predicted molar refractivity (Wildman–Crippen MR) is 153 cm³/mol. The Hall–Kier alpha value is -4.26. The van der Waals surface area contributed by atoms with E-state index in [1.54, 1.807) is 24.4 Å². The molecule has 10 nitrogen and oxygen atoms in total. The van der Waals surface area contributed by atoms with Crippen molar-refractivity contribution >= 4 is 46.7 Å². The summed E-state index contributed by atoms with van der Waals surface area (Å²) < 4.78 is 8.66. The Kier molecular flexibility index (Phi) is 8.29. The quantitative estimate of drug-likeness (QED) is 0.125. The number of ether oxygens (including phenoxy) is 1. The molecule has 0 aliphatic heterocycles. The number of non-ortho nitro benzene ring substituents is 1. The van der Waals surface area contributed by atoms with Crippen LogP contribution >= 0.6 is 23.3 Å². The predicted octanol–water partition coefficient (Wildman–Crippen LogP) is 6.49. The number of nitrogens with two attached hydrogens (primary N) is 1. The van der Waals surface area contributed by atoms with Gasteiger partial charge < -0.3 is 10.5 Å². The Morgan fingerprint density at radius 3 is 2.36 bits per heavy atom. The minimum absolute atomic E-state index is 0.0970. The van der Waals surface area contributed by atoms with E-state index in [0.717, 1.165) is 25.9 Å². The number of benzene rings is 3. The topological polar surface area (TPSA) is 149 Å². The number of rotatable bonds is 8. The summed E-state index contributed by atoms with van der Waals surface area (Å²) in [5.74, 6) is -0.306. The number of primary amides is 1. The summed E-state index contributed by atoms with van der Waals surface area (Å²) in [7, 11) is 0. The largest absolute Gasteiger partial charge is 0.417 e. The van der Waals surface area contributed by atoms with Crippen molar-refractivity contribution in [2.24, 2.45) is 5.73 Å². The van der Waals surface area contributed by atoms with E-state index in [9.17, 15) is 19.7 Å². The summed E-state index contributed by atoms with van der Waals surface area (Å²) in [6.45, 7) is 6.14. The number of nitrogens with one attached hydrogen (secondary N) is 2. The molecule has 0 radical (unpaired) electrons. The van der Waals surface area contributed by atoms with Gasteiger partial charge >= 0.3 is 6.09 Å².